The number of aromatic nitrogens is 2. The van der Waals surface area contributed by atoms with Crippen LogP contribution < -0.4 is 5.32 Å². The van der Waals surface area contributed by atoms with Crippen molar-refractivity contribution in [1.82, 2.24) is 20.0 Å². The van der Waals surface area contributed by atoms with Crippen LogP contribution in [-0.2, 0) is 24.3 Å². The SMILES string of the molecule is Cc1nn(CCNC(=O)[C@@H](C)N2CCc3ccccc3C2)c(C)c1Cl. The summed E-state index contributed by atoms with van der Waals surface area (Å²) >= 11 is 6.16. The molecule has 0 saturated heterocycles. The molecule has 1 aliphatic rings. The summed E-state index contributed by atoms with van der Waals surface area (Å²) in [7, 11) is 0. The Labute approximate surface area is 154 Å². The second-order valence-electron chi connectivity index (χ2n) is 6.66. The summed E-state index contributed by atoms with van der Waals surface area (Å²) in [6.07, 6.45) is 0.998. The maximum absolute atomic E-state index is 12.5. The van der Waals surface area contributed by atoms with Crippen molar-refractivity contribution >= 4 is 17.5 Å². The highest BCUT2D eigenvalue weighted by atomic mass is 35.5. The molecular formula is C19H25ClN4O. The highest BCUT2D eigenvalue weighted by Gasteiger charge is 2.24. The van der Waals surface area contributed by atoms with Crippen LogP contribution in [0.15, 0.2) is 24.3 Å². The van der Waals surface area contributed by atoms with E-state index < -0.39 is 0 Å². The van der Waals surface area contributed by atoms with Crippen LogP contribution in [-0.4, -0.2) is 39.7 Å². The number of nitrogens with one attached hydrogen (secondary N) is 1. The van der Waals surface area contributed by atoms with Gasteiger partial charge in [-0.15, -0.1) is 0 Å². The smallest absolute Gasteiger partial charge is 0.237 e. The molecule has 25 heavy (non-hydrogen) atoms. The van der Waals surface area contributed by atoms with Crippen molar-refractivity contribution in [2.24, 2.45) is 0 Å². The predicted octanol–water partition coefficient (Wildman–Crippen LogP) is 2.72. The van der Waals surface area contributed by atoms with Crippen molar-refractivity contribution in [3.05, 3.63) is 51.8 Å². The van der Waals surface area contributed by atoms with E-state index in [1.165, 1.54) is 11.1 Å². The Morgan fingerprint density at radius 3 is 2.72 bits per heavy atom. The number of rotatable bonds is 5. The van der Waals surface area contributed by atoms with E-state index in [0.29, 0.717) is 18.1 Å². The number of aryl methyl sites for hydroxylation is 1. The van der Waals surface area contributed by atoms with Gasteiger partial charge in [-0.2, -0.15) is 5.10 Å². The first-order valence-corrected chi connectivity index (χ1v) is 9.13. The molecule has 1 aliphatic heterocycles. The molecule has 0 spiro atoms. The minimum atomic E-state index is -0.141. The van der Waals surface area contributed by atoms with Gasteiger partial charge in [0.05, 0.1) is 29.0 Å². The lowest BCUT2D eigenvalue weighted by Gasteiger charge is -2.32. The molecule has 2 heterocycles. The maximum Gasteiger partial charge on any atom is 0.237 e. The molecule has 0 radical (unpaired) electrons. The minimum absolute atomic E-state index is 0.0620. The number of halogens is 1. The van der Waals surface area contributed by atoms with Crippen LogP contribution in [0.25, 0.3) is 0 Å². The molecule has 1 amide bonds. The molecule has 0 fully saturated rings. The van der Waals surface area contributed by atoms with Gasteiger partial charge in [0, 0.05) is 19.6 Å². The van der Waals surface area contributed by atoms with Crippen LogP contribution in [0.2, 0.25) is 5.02 Å². The number of benzene rings is 1. The number of nitrogens with zero attached hydrogens (tertiary/aromatic N) is 3. The molecule has 134 valence electrons. The van der Waals surface area contributed by atoms with Crippen molar-refractivity contribution < 1.29 is 4.79 Å². The Kier molecular flexibility index (Phi) is 5.45. The fourth-order valence-corrected chi connectivity index (χ4v) is 3.47. The summed E-state index contributed by atoms with van der Waals surface area (Å²) in [6.45, 7) is 8.73. The first kappa shape index (κ1) is 18.0. The van der Waals surface area contributed by atoms with Gasteiger partial charge in [-0.25, -0.2) is 0 Å². The molecule has 1 atom stereocenters. The Balaban J connectivity index is 1.52. The van der Waals surface area contributed by atoms with Gasteiger partial charge >= 0.3 is 0 Å². The van der Waals surface area contributed by atoms with E-state index >= 15 is 0 Å². The second-order valence-corrected chi connectivity index (χ2v) is 7.04. The zero-order valence-corrected chi connectivity index (χ0v) is 15.8. The topological polar surface area (TPSA) is 50.2 Å². The van der Waals surface area contributed by atoms with E-state index in [1.807, 2.05) is 25.5 Å². The predicted molar refractivity (Wildman–Crippen MR) is 99.7 cm³/mol. The summed E-state index contributed by atoms with van der Waals surface area (Å²) in [6, 6.07) is 8.33. The van der Waals surface area contributed by atoms with Crippen molar-refractivity contribution in [3.63, 3.8) is 0 Å². The van der Waals surface area contributed by atoms with Gasteiger partial charge in [-0.3, -0.25) is 14.4 Å². The first-order chi connectivity index (χ1) is 12.0. The van der Waals surface area contributed by atoms with Gasteiger partial charge in [-0.1, -0.05) is 35.9 Å². The van der Waals surface area contributed by atoms with Gasteiger partial charge in [0.25, 0.3) is 0 Å². The number of hydrogen-bond donors (Lipinski definition) is 1. The monoisotopic (exact) mass is 360 g/mol. The summed E-state index contributed by atoms with van der Waals surface area (Å²) in [4.78, 5) is 14.7. The minimum Gasteiger partial charge on any atom is -0.353 e. The molecule has 2 aromatic rings. The Bertz CT molecular complexity index is 771. The zero-order chi connectivity index (χ0) is 18.0. The number of hydrogen-bond acceptors (Lipinski definition) is 3. The third-order valence-corrected chi connectivity index (χ3v) is 5.55. The van der Waals surface area contributed by atoms with E-state index in [2.05, 4.69) is 39.6 Å². The molecule has 1 aromatic heterocycles. The summed E-state index contributed by atoms with van der Waals surface area (Å²) in [5.41, 5.74) is 4.48. The number of carbonyl (C=O) groups is 1. The van der Waals surface area contributed by atoms with Crippen molar-refractivity contribution in [1.29, 1.82) is 0 Å². The van der Waals surface area contributed by atoms with E-state index in [-0.39, 0.29) is 11.9 Å². The quantitative estimate of drug-likeness (QED) is 0.891. The van der Waals surface area contributed by atoms with Crippen LogP contribution in [0, 0.1) is 13.8 Å². The lowest BCUT2D eigenvalue weighted by atomic mass is 9.99. The number of fused-ring (bicyclic) bond motifs is 1. The van der Waals surface area contributed by atoms with Crippen molar-refractivity contribution in [2.45, 2.75) is 46.3 Å². The van der Waals surface area contributed by atoms with Crippen LogP contribution in [0.1, 0.15) is 29.4 Å². The lowest BCUT2D eigenvalue weighted by molar-refractivity contribution is -0.126. The van der Waals surface area contributed by atoms with Gasteiger partial charge in [0.15, 0.2) is 0 Å². The number of carbonyl (C=O) groups excluding carboxylic acids is 1. The molecule has 0 aliphatic carbocycles. The molecule has 6 heteroatoms. The van der Waals surface area contributed by atoms with Crippen LogP contribution in [0.3, 0.4) is 0 Å². The molecular weight excluding hydrogens is 336 g/mol. The van der Waals surface area contributed by atoms with Crippen molar-refractivity contribution in [3.8, 4) is 0 Å². The molecule has 0 unspecified atom stereocenters. The Hall–Kier alpha value is -1.85. The van der Waals surface area contributed by atoms with Crippen LogP contribution >= 0.6 is 11.6 Å². The molecule has 5 nitrogen and oxygen atoms in total. The second kappa shape index (κ2) is 7.58. The average molecular weight is 361 g/mol. The third kappa shape index (κ3) is 3.88. The highest BCUT2D eigenvalue weighted by Crippen LogP contribution is 2.20. The largest absolute Gasteiger partial charge is 0.353 e. The molecule has 1 aromatic carbocycles. The van der Waals surface area contributed by atoms with Gasteiger partial charge < -0.3 is 5.32 Å². The van der Waals surface area contributed by atoms with Crippen molar-refractivity contribution in [2.75, 3.05) is 13.1 Å². The van der Waals surface area contributed by atoms with E-state index in [9.17, 15) is 4.79 Å². The Morgan fingerprint density at radius 2 is 2.04 bits per heavy atom. The summed E-state index contributed by atoms with van der Waals surface area (Å²) in [5, 5.41) is 8.11. The average Bonchev–Trinajstić information content (AvgIpc) is 2.87. The normalized spacial score (nSPS) is 15.7. The fraction of sp³-hybridized carbons (Fsp3) is 0.474. The van der Waals surface area contributed by atoms with Gasteiger partial charge in [0.2, 0.25) is 5.91 Å². The van der Waals surface area contributed by atoms with Crippen LogP contribution in [0.4, 0.5) is 0 Å². The maximum atomic E-state index is 12.5. The van der Waals surface area contributed by atoms with Crippen LogP contribution in [0.5, 0.6) is 0 Å². The first-order valence-electron chi connectivity index (χ1n) is 8.75. The molecule has 1 N–H and O–H groups in total. The van der Waals surface area contributed by atoms with E-state index in [1.54, 1.807) is 0 Å². The number of amides is 1. The standard InChI is InChI=1S/C19H25ClN4O/c1-13-18(20)14(2)24(22-13)11-9-21-19(25)15(3)23-10-8-16-6-4-5-7-17(16)12-23/h4-7,15H,8-12H2,1-3H3,(H,21,25)/t15-/m1/s1. The Morgan fingerprint density at radius 1 is 1.32 bits per heavy atom. The molecule has 3 rings (SSSR count). The summed E-state index contributed by atoms with van der Waals surface area (Å²) in [5.74, 6) is 0.0620. The van der Waals surface area contributed by atoms with E-state index in [4.69, 9.17) is 11.6 Å². The third-order valence-electron chi connectivity index (χ3n) is 5.00. The zero-order valence-electron chi connectivity index (χ0n) is 15.1. The van der Waals surface area contributed by atoms with Gasteiger partial charge in [0.1, 0.15) is 0 Å². The summed E-state index contributed by atoms with van der Waals surface area (Å²) < 4.78 is 1.85. The molecule has 0 bridgehead atoms. The van der Waals surface area contributed by atoms with Gasteiger partial charge in [-0.05, 0) is 38.3 Å². The molecule has 0 saturated carbocycles. The lowest BCUT2D eigenvalue weighted by Crippen LogP contribution is -2.47. The highest BCUT2D eigenvalue weighted by molar-refractivity contribution is 6.31. The fourth-order valence-electron chi connectivity index (χ4n) is 3.34. The van der Waals surface area contributed by atoms with E-state index in [0.717, 1.165) is 30.9 Å².